The van der Waals surface area contributed by atoms with Crippen LogP contribution in [0.3, 0.4) is 0 Å². The van der Waals surface area contributed by atoms with E-state index in [1.54, 1.807) is 0 Å². The molecule has 0 amide bonds. The molecule has 13 heavy (non-hydrogen) atoms. The summed E-state index contributed by atoms with van der Waals surface area (Å²) in [6.07, 6.45) is 0. The van der Waals surface area contributed by atoms with Crippen molar-refractivity contribution in [3.8, 4) is 0 Å². The summed E-state index contributed by atoms with van der Waals surface area (Å²) in [6.45, 7) is 0. The van der Waals surface area contributed by atoms with E-state index < -0.39 is 5.97 Å². The van der Waals surface area contributed by atoms with Gasteiger partial charge in [-0.3, -0.25) is 0 Å². The van der Waals surface area contributed by atoms with Crippen LogP contribution in [0.4, 0.5) is 5.69 Å². The van der Waals surface area contributed by atoms with Gasteiger partial charge in [-0.25, -0.2) is 4.79 Å². The summed E-state index contributed by atoms with van der Waals surface area (Å²) in [7, 11) is 0. The van der Waals surface area contributed by atoms with E-state index >= 15 is 0 Å². The summed E-state index contributed by atoms with van der Waals surface area (Å²) in [6, 6.07) is 1.36. The van der Waals surface area contributed by atoms with Crippen LogP contribution in [-0.4, -0.2) is 27.1 Å². The Morgan fingerprint density at radius 3 is 3.15 bits per heavy atom. The Morgan fingerprint density at radius 1 is 1.54 bits per heavy atom. The molecule has 0 fully saturated rings. The molecular formula is C6H4N4O2S. The van der Waals surface area contributed by atoms with Gasteiger partial charge in [0.2, 0.25) is 0 Å². The lowest BCUT2D eigenvalue weighted by molar-refractivity contribution is 0.0689. The number of aromatic nitrogens is 2. The number of aromatic carboxylic acids is 1. The van der Waals surface area contributed by atoms with Gasteiger partial charge in [0.25, 0.3) is 0 Å². The third-order valence-corrected chi connectivity index (χ3v) is 2.21. The Labute approximate surface area is 77.1 Å². The zero-order valence-corrected chi connectivity index (χ0v) is 7.15. The normalized spacial score (nSPS) is 13.8. The number of hydrogen-bond donors (Lipinski definition) is 1. The maximum atomic E-state index is 10.5. The lowest BCUT2D eigenvalue weighted by Crippen LogP contribution is -2.03. The highest BCUT2D eigenvalue weighted by molar-refractivity contribution is 7.99. The van der Waals surface area contributed by atoms with Gasteiger partial charge in [-0.1, -0.05) is 11.8 Å². The van der Waals surface area contributed by atoms with Gasteiger partial charge in [-0.05, 0) is 0 Å². The lowest BCUT2D eigenvalue weighted by Gasteiger charge is -2.05. The van der Waals surface area contributed by atoms with Crippen molar-refractivity contribution < 1.29 is 9.90 Å². The molecule has 0 spiro atoms. The Hall–Kier alpha value is -1.50. The highest BCUT2D eigenvalue weighted by Gasteiger charge is 2.13. The second kappa shape index (κ2) is 3.09. The first-order valence-electron chi connectivity index (χ1n) is 3.38. The van der Waals surface area contributed by atoms with Gasteiger partial charge in [-0.2, -0.15) is 10.2 Å². The highest BCUT2D eigenvalue weighted by Crippen LogP contribution is 2.31. The third-order valence-electron chi connectivity index (χ3n) is 1.40. The molecular weight excluding hydrogens is 192 g/mol. The number of thioether (sulfide) groups is 1. The van der Waals surface area contributed by atoms with Crippen molar-refractivity contribution in [1.29, 1.82) is 0 Å². The third kappa shape index (κ3) is 1.50. The van der Waals surface area contributed by atoms with Crippen LogP contribution in [0.1, 0.15) is 10.5 Å². The predicted octanol–water partition coefficient (Wildman–Crippen LogP) is 1.32. The van der Waals surface area contributed by atoms with Crippen LogP contribution in [-0.2, 0) is 0 Å². The first-order valence-corrected chi connectivity index (χ1v) is 4.37. The van der Waals surface area contributed by atoms with Crippen molar-refractivity contribution in [2.75, 3.05) is 5.88 Å². The van der Waals surface area contributed by atoms with Crippen molar-refractivity contribution in [2.45, 2.75) is 5.03 Å². The van der Waals surface area contributed by atoms with Crippen LogP contribution in [0.2, 0.25) is 0 Å². The number of nitrogens with zero attached hydrogens (tertiary/aromatic N) is 4. The summed E-state index contributed by atoms with van der Waals surface area (Å²) in [5, 5.41) is 24.0. The van der Waals surface area contributed by atoms with Gasteiger partial charge in [-0.15, -0.1) is 10.2 Å². The summed E-state index contributed by atoms with van der Waals surface area (Å²) in [5.41, 5.74) is 0.365. The van der Waals surface area contributed by atoms with E-state index in [-0.39, 0.29) is 5.69 Å². The smallest absolute Gasteiger partial charge is 0.356 e. The topological polar surface area (TPSA) is 87.8 Å². The molecule has 1 aliphatic rings. The molecule has 0 atom stereocenters. The fourth-order valence-electron chi connectivity index (χ4n) is 0.845. The largest absolute Gasteiger partial charge is 0.476 e. The van der Waals surface area contributed by atoms with Crippen LogP contribution in [0.15, 0.2) is 21.3 Å². The molecule has 7 heteroatoms. The quantitative estimate of drug-likeness (QED) is 0.731. The van der Waals surface area contributed by atoms with Crippen molar-refractivity contribution in [3.63, 3.8) is 0 Å². The number of carboxylic acid groups (broad SMARTS) is 1. The number of hydrogen-bond acceptors (Lipinski definition) is 6. The Morgan fingerprint density at radius 2 is 2.38 bits per heavy atom. The summed E-state index contributed by atoms with van der Waals surface area (Å²) >= 11 is 1.38. The lowest BCUT2D eigenvalue weighted by atomic mass is 10.3. The number of rotatable bonds is 1. The minimum absolute atomic E-state index is 0.111. The van der Waals surface area contributed by atoms with E-state index in [1.807, 2.05) is 0 Å². The molecule has 66 valence electrons. The first-order chi connectivity index (χ1) is 6.27. The first kappa shape index (κ1) is 8.11. The van der Waals surface area contributed by atoms with Crippen LogP contribution in [0.5, 0.6) is 0 Å². The molecule has 2 rings (SSSR count). The van der Waals surface area contributed by atoms with E-state index in [4.69, 9.17) is 5.11 Å². The molecule has 1 aromatic heterocycles. The second-order valence-corrected chi connectivity index (χ2v) is 3.17. The Balaban J connectivity index is 2.48. The predicted molar refractivity (Wildman–Crippen MR) is 44.2 cm³/mol. The number of fused-ring (bicyclic) bond motifs is 1. The van der Waals surface area contributed by atoms with E-state index in [0.717, 1.165) is 0 Å². The Bertz CT molecular complexity index is 392. The van der Waals surface area contributed by atoms with Crippen LogP contribution in [0.25, 0.3) is 0 Å². The molecule has 1 aromatic rings. The molecule has 0 saturated heterocycles. The van der Waals surface area contributed by atoms with Crippen LogP contribution >= 0.6 is 11.8 Å². The van der Waals surface area contributed by atoms with Crippen LogP contribution < -0.4 is 0 Å². The summed E-state index contributed by atoms with van der Waals surface area (Å²) in [4.78, 5) is 10.5. The van der Waals surface area contributed by atoms with Gasteiger partial charge in [0, 0.05) is 6.07 Å². The minimum Gasteiger partial charge on any atom is -0.476 e. The standard InChI is InChI=1S/C6H4N4O2S/c11-6(12)4-1-3-5(10-9-4)13-2-7-8-3/h1H,2H2,(H,11,12). The van der Waals surface area contributed by atoms with Crippen molar-refractivity contribution in [2.24, 2.45) is 10.2 Å². The van der Waals surface area contributed by atoms with E-state index in [2.05, 4.69) is 20.4 Å². The zero-order valence-electron chi connectivity index (χ0n) is 6.34. The second-order valence-electron chi connectivity index (χ2n) is 2.24. The average molecular weight is 196 g/mol. The monoisotopic (exact) mass is 196 g/mol. The number of azo groups is 1. The summed E-state index contributed by atoms with van der Waals surface area (Å²) in [5.74, 6) is -0.602. The van der Waals surface area contributed by atoms with Gasteiger partial charge in [0.05, 0.1) is 0 Å². The van der Waals surface area contributed by atoms with Gasteiger partial charge >= 0.3 is 5.97 Å². The SMILES string of the molecule is O=C(O)c1cc2c(nn1)SCN=N2. The van der Waals surface area contributed by atoms with Crippen molar-refractivity contribution >= 4 is 23.4 Å². The van der Waals surface area contributed by atoms with E-state index in [0.29, 0.717) is 16.6 Å². The molecule has 0 aromatic carbocycles. The van der Waals surface area contributed by atoms with Crippen LogP contribution in [0, 0.1) is 0 Å². The highest BCUT2D eigenvalue weighted by atomic mass is 32.2. The van der Waals surface area contributed by atoms with Gasteiger partial charge < -0.3 is 5.11 Å². The molecule has 0 aliphatic carbocycles. The van der Waals surface area contributed by atoms with Crippen molar-refractivity contribution in [3.05, 3.63) is 11.8 Å². The molecule has 0 saturated carbocycles. The fraction of sp³-hybridized carbons (Fsp3) is 0.167. The molecule has 2 heterocycles. The fourth-order valence-corrected chi connectivity index (χ4v) is 1.43. The minimum atomic E-state index is -1.11. The molecule has 0 unspecified atom stereocenters. The van der Waals surface area contributed by atoms with Gasteiger partial charge in [0.1, 0.15) is 16.6 Å². The van der Waals surface area contributed by atoms with Gasteiger partial charge in [0.15, 0.2) is 5.69 Å². The van der Waals surface area contributed by atoms with E-state index in [9.17, 15) is 4.79 Å². The molecule has 1 aliphatic heterocycles. The molecule has 0 radical (unpaired) electrons. The average Bonchev–Trinajstić information content (AvgIpc) is 2.17. The molecule has 0 bridgehead atoms. The number of carboxylic acids is 1. The van der Waals surface area contributed by atoms with Crippen molar-refractivity contribution in [1.82, 2.24) is 10.2 Å². The van der Waals surface area contributed by atoms with E-state index in [1.165, 1.54) is 17.8 Å². The zero-order chi connectivity index (χ0) is 9.26. The molecule has 1 N–H and O–H groups in total. The Kier molecular flexibility index (Phi) is 1.93. The number of carbonyl (C=O) groups is 1. The molecule has 6 nitrogen and oxygen atoms in total. The maximum absolute atomic E-state index is 10.5. The maximum Gasteiger partial charge on any atom is 0.356 e. The summed E-state index contributed by atoms with van der Waals surface area (Å²) < 4.78 is 0.